The lowest BCUT2D eigenvalue weighted by Gasteiger charge is -2.70. The van der Waals surface area contributed by atoms with Crippen LogP contribution in [-0.2, 0) is 19.1 Å². The Morgan fingerprint density at radius 2 is 1.86 bits per heavy atom. The number of hydrogen-bond acceptors (Lipinski definition) is 5. The van der Waals surface area contributed by atoms with Crippen molar-refractivity contribution in [3.8, 4) is 0 Å². The first-order valence-electron chi connectivity index (χ1n) is 9.99. The molecule has 1 saturated heterocycles. The van der Waals surface area contributed by atoms with Gasteiger partial charge < -0.3 is 20.1 Å². The third-order valence-corrected chi connectivity index (χ3v) is 8.37. The van der Waals surface area contributed by atoms with Crippen molar-refractivity contribution in [2.45, 2.75) is 85.0 Å². The molecule has 0 spiro atoms. The average Bonchev–Trinajstić information content (AvgIpc) is 3.09. The van der Waals surface area contributed by atoms with E-state index in [4.69, 9.17) is 21.1 Å². The van der Waals surface area contributed by atoms with E-state index in [9.17, 15) is 14.0 Å². The molecule has 5 unspecified atom stereocenters. The number of hydrogen-bond donors (Lipinski definition) is 2. The Kier molecular flexibility index (Phi) is 5.86. The van der Waals surface area contributed by atoms with Gasteiger partial charge in [0.25, 0.3) is 0 Å². The van der Waals surface area contributed by atoms with Gasteiger partial charge in [0.05, 0.1) is 22.8 Å². The van der Waals surface area contributed by atoms with Crippen LogP contribution in [0, 0.1) is 0 Å². The van der Waals surface area contributed by atoms with Gasteiger partial charge in [-0.1, -0.05) is 0 Å². The van der Waals surface area contributed by atoms with E-state index >= 15 is 0 Å². The normalized spacial score (nSPS) is 44.3. The van der Waals surface area contributed by atoms with E-state index in [1.54, 1.807) is 18.9 Å². The highest BCUT2D eigenvalue weighted by Crippen LogP contribution is 2.60. The Bertz CT molecular complexity index is 619. The fraction of sp³-hybridized carbons (Fsp3) is 0.895. The van der Waals surface area contributed by atoms with Crippen LogP contribution in [-0.4, -0.2) is 71.4 Å². The summed E-state index contributed by atoms with van der Waals surface area (Å²) in [6, 6.07) is 0. The number of thioether (sulfide) groups is 1. The molecule has 5 fully saturated rings. The van der Waals surface area contributed by atoms with Crippen LogP contribution in [0.25, 0.3) is 0 Å². The van der Waals surface area contributed by atoms with Crippen LogP contribution in [0.2, 0.25) is 0 Å². The molecule has 1 aliphatic heterocycles. The molecule has 1 heterocycles. The molecule has 5 rings (SSSR count). The molecule has 0 aromatic carbocycles. The first-order valence-corrected chi connectivity index (χ1v) is 11.5. The second-order valence-corrected chi connectivity index (χ2v) is 10.6. The highest BCUT2D eigenvalue weighted by molar-refractivity contribution is 8.00. The summed E-state index contributed by atoms with van der Waals surface area (Å²) in [6.07, 6.45) is 3.43. The monoisotopic (exact) mass is 434 g/mol. The highest BCUT2D eigenvalue weighted by Gasteiger charge is 2.69. The molecule has 0 aromatic rings. The zero-order valence-electron chi connectivity index (χ0n) is 16.0. The predicted octanol–water partition coefficient (Wildman–Crippen LogP) is 1.93. The third-order valence-electron chi connectivity index (χ3n) is 6.50. The average molecular weight is 435 g/mol. The Labute approximate surface area is 174 Å². The van der Waals surface area contributed by atoms with Crippen LogP contribution < -0.4 is 10.6 Å². The fourth-order valence-electron chi connectivity index (χ4n) is 5.06. The molecular weight excluding hydrogens is 407 g/mol. The van der Waals surface area contributed by atoms with E-state index in [1.807, 2.05) is 0 Å². The number of ether oxygens (including phenoxy) is 2. The molecule has 2 N–H and O–H groups in total. The van der Waals surface area contributed by atoms with Crippen LogP contribution in [0.1, 0.15) is 44.9 Å². The first-order chi connectivity index (χ1) is 13.3. The van der Waals surface area contributed by atoms with Gasteiger partial charge in [0.1, 0.15) is 12.8 Å². The zero-order valence-corrected chi connectivity index (χ0v) is 17.6. The van der Waals surface area contributed by atoms with Gasteiger partial charge in [0.2, 0.25) is 11.8 Å². The maximum Gasteiger partial charge on any atom is 0.246 e. The first kappa shape index (κ1) is 20.7. The molecule has 2 bridgehead atoms. The van der Waals surface area contributed by atoms with Gasteiger partial charge in [-0.3, -0.25) is 9.59 Å². The molecule has 6 nitrogen and oxygen atoms in total. The molecule has 2 amide bonds. The summed E-state index contributed by atoms with van der Waals surface area (Å²) in [5.74, 6) is 0.776. The number of nitrogens with one attached hydrogen (secondary N) is 2. The van der Waals surface area contributed by atoms with Gasteiger partial charge in [-0.25, -0.2) is 4.39 Å². The minimum atomic E-state index is -1.07. The smallest absolute Gasteiger partial charge is 0.246 e. The number of rotatable bonds is 7. The number of amides is 2. The summed E-state index contributed by atoms with van der Waals surface area (Å²) in [4.78, 5) is 24.7. The van der Waals surface area contributed by atoms with Crippen molar-refractivity contribution in [3.05, 3.63) is 0 Å². The molecular formula is C19H28ClFN2O4S. The molecule has 4 aliphatic carbocycles. The van der Waals surface area contributed by atoms with Crippen molar-refractivity contribution in [2.75, 3.05) is 19.5 Å². The van der Waals surface area contributed by atoms with E-state index < -0.39 is 11.5 Å². The summed E-state index contributed by atoms with van der Waals surface area (Å²) in [5, 5.41) is 5.74. The maximum atomic E-state index is 13.6. The van der Waals surface area contributed by atoms with Gasteiger partial charge in [-0.2, -0.15) is 0 Å². The molecule has 158 valence electrons. The molecule has 0 aromatic heterocycles. The number of halogens is 2. The number of carbonyl (C=O) groups excluding carboxylic acids is 2. The Morgan fingerprint density at radius 3 is 2.50 bits per heavy atom. The predicted molar refractivity (Wildman–Crippen MR) is 105 cm³/mol. The van der Waals surface area contributed by atoms with Crippen molar-refractivity contribution in [1.82, 2.24) is 10.6 Å². The van der Waals surface area contributed by atoms with Crippen molar-refractivity contribution >= 4 is 35.2 Å². The Morgan fingerprint density at radius 1 is 1.14 bits per heavy atom. The van der Waals surface area contributed by atoms with Crippen molar-refractivity contribution in [1.29, 1.82) is 0 Å². The second kappa shape index (κ2) is 7.93. The quantitative estimate of drug-likeness (QED) is 0.599. The molecule has 9 heteroatoms. The van der Waals surface area contributed by atoms with Gasteiger partial charge in [-0.15, -0.1) is 23.4 Å². The van der Waals surface area contributed by atoms with Crippen LogP contribution in [0.15, 0.2) is 0 Å². The lowest BCUT2D eigenvalue weighted by Crippen LogP contribution is -2.84. The Balaban J connectivity index is 1.15. The molecule has 28 heavy (non-hydrogen) atoms. The van der Waals surface area contributed by atoms with Gasteiger partial charge >= 0.3 is 0 Å². The Hall–Kier alpha value is -0.570. The van der Waals surface area contributed by atoms with E-state index in [2.05, 4.69) is 10.6 Å². The third kappa shape index (κ3) is 4.16. The lowest BCUT2D eigenvalue weighted by molar-refractivity contribution is -0.153. The van der Waals surface area contributed by atoms with Gasteiger partial charge in [0, 0.05) is 30.4 Å². The minimum Gasteiger partial charge on any atom is -0.381 e. The summed E-state index contributed by atoms with van der Waals surface area (Å²) >= 11 is 7.52. The maximum absolute atomic E-state index is 13.6. The second-order valence-electron chi connectivity index (χ2n) is 8.82. The van der Waals surface area contributed by atoms with Crippen LogP contribution >= 0.6 is 23.4 Å². The van der Waals surface area contributed by atoms with Gasteiger partial charge in [0.15, 0.2) is 0 Å². The standard InChI is InChI=1S/C19H28ClFN2O4S/c1-26-12-5-15(28-7-12)17(25)23-19-8-18(9-19,10-19)22-16(24)6-27-11-2-3-13(20)14(21)4-11/h11-15H,2-10H2,1H3,(H,22,24)(H,23,25). The van der Waals surface area contributed by atoms with Crippen LogP contribution in [0.3, 0.4) is 0 Å². The van der Waals surface area contributed by atoms with Crippen molar-refractivity contribution < 1.29 is 23.5 Å². The number of alkyl halides is 2. The number of carbonyl (C=O) groups is 2. The lowest BCUT2D eigenvalue weighted by atomic mass is 9.44. The van der Waals surface area contributed by atoms with E-state index in [-0.39, 0.29) is 53.4 Å². The largest absolute Gasteiger partial charge is 0.381 e. The summed E-state index contributed by atoms with van der Waals surface area (Å²) in [7, 11) is 1.68. The number of methoxy groups -OCH3 is 1. The van der Waals surface area contributed by atoms with Crippen LogP contribution in [0.5, 0.6) is 0 Å². The molecule has 5 aliphatic rings. The van der Waals surface area contributed by atoms with Crippen molar-refractivity contribution in [3.63, 3.8) is 0 Å². The summed E-state index contributed by atoms with van der Waals surface area (Å²) in [6.45, 7) is -0.0530. The van der Waals surface area contributed by atoms with E-state index in [0.29, 0.717) is 12.8 Å². The van der Waals surface area contributed by atoms with Gasteiger partial charge in [-0.05, 0) is 38.5 Å². The molecule has 5 atom stereocenters. The van der Waals surface area contributed by atoms with Crippen LogP contribution in [0.4, 0.5) is 4.39 Å². The minimum absolute atomic E-state index is 0.0414. The molecule has 0 radical (unpaired) electrons. The summed E-state index contributed by atoms with van der Waals surface area (Å²) in [5.41, 5.74) is -0.362. The summed E-state index contributed by atoms with van der Waals surface area (Å²) < 4.78 is 24.5. The zero-order chi connectivity index (χ0) is 19.9. The van der Waals surface area contributed by atoms with Crippen molar-refractivity contribution in [2.24, 2.45) is 0 Å². The van der Waals surface area contributed by atoms with E-state index in [0.717, 1.165) is 31.4 Å². The SMILES string of the molecule is COC1CSC(C(=O)NC23CC(NC(=O)COC4CCC(Cl)C(F)C4)(C2)C3)C1. The van der Waals surface area contributed by atoms with E-state index in [1.165, 1.54) is 0 Å². The highest BCUT2D eigenvalue weighted by atomic mass is 35.5. The fourth-order valence-corrected chi connectivity index (χ4v) is 6.57. The molecule has 4 saturated carbocycles. The topological polar surface area (TPSA) is 76.7 Å².